The molecule has 4 nitrogen and oxygen atoms in total. The Kier molecular flexibility index (Phi) is 4.47. The molecule has 19 heavy (non-hydrogen) atoms. The minimum absolute atomic E-state index is 0.285. The van der Waals surface area contributed by atoms with E-state index in [0.29, 0.717) is 6.54 Å². The van der Waals surface area contributed by atoms with Crippen LogP contribution in [0.25, 0.3) is 0 Å². The van der Waals surface area contributed by atoms with Gasteiger partial charge in [-0.15, -0.1) is 0 Å². The summed E-state index contributed by atoms with van der Waals surface area (Å²) in [6.45, 7) is 0.606. The SMILES string of the molecule is COc1ccc(CC(CN)c2ccc[nH]2)cc1OC. The molecule has 102 valence electrons. The van der Waals surface area contributed by atoms with Gasteiger partial charge in [-0.2, -0.15) is 0 Å². The highest BCUT2D eigenvalue weighted by molar-refractivity contribution is 5.43. The van der Waals surface area contributed by atoms with Crippen LogP contribution in [0.4, 0.5) is 0 Å². The zero-order valence-electron chi connectivity index (χ0n) is 11.3. The Labute approximate surface area is 113 Å². The van der Waals surface area contributed by atoms with Gasteiger partial charge < -0.3 is 20.2 Å². The number of nitrogens with one attached hydrogen (secondary N) is 1. The maximum absolute atomic E-state index is 5.86. The average molecular weight is 260 g/mol. The Balaban J connectivity index is 2.18. The topological polar surface area (TPSA) is 60.3 Å². The highest BCUT2D eigenvalue weighted by Gasteiger charge is 2.13. The second kappa shape index (κ2) is 6.29. The molecule has 0 saturated heterocycles. The zero-order valence-corrected chi connectivity index (χ0v) is 11.3. The molecule has 1 aromatic heterocycles. The largest absolute Gasteiger partial charge is 0.493 e. The summed E-state index contributed by atoms with van der Waals surface area (Å²) in [5, 5.41) is 0. The van der Waals surface area contributed by atoms with Gasteiger partial charge in [0, 0.05) is 24.4 Å². The van der Waals surface area contributed by atoms with E-state index in [9.17, 15) is 0 Å². The number of ether oxygens (including phenoxy) is 2. The second-order valence-electron chi connectivity index (χ2n) is 4.45. The monoisotopic (exact) mass is 260 g/mol. The molecule has 0 bridgehead atoms. The fraction of sp³-hybridized carbons (Fsp3) is 0.333. The van der Waals surface area contributed by atoms with Crippen molar-refractivity contribution < 1.29 is 9.47 Å². The van der Waals surface area contributed by atoms with Gasteiger partial charge in [0.15, 0.2) is 11.5 Å². The third-order valence-corrected chi connectivity index (χ3v) is 3.28. The first-order chi connectivity index (χ1) is 9.28. The van der Waals surface area contributed by atoms with Crippen molar-refractivity contribution in [1.82, 2.24) is 4.98 Å². The van der Waals surface area contributed by atoms with Gasteiger partial charge in [-0.05, 0) is 36.2 Å². The molecule has 1 atom stereocenters. The average Bonchev–Trinajstić information content (AvgIpc) is 2.98. The lowest BCUT2D eigenvalue weighted by Gasteiger charge is -2.15. The predicted octanol–water partition coefficient (Wildman–Crippen LogP) is 2.32. The molecule has 2 aromatic rings. The summed E-state index contributed by atoms with van der Waals surface area (Å²) in [4.78, 5) is 3.22. The van der Waals surface area contributed by atoms with Gasteiger partial charge in [-0.3, -0.25) is 0 Å². The molecule has 0 fully saturated rings. The quantitative estimate of drug-likeness (QED) is 0.838. The van der Waals surface area contributed by atoms with E-state index >= 15 is 0 Å². The van der Waals surface area contributed by atoms with Crippen LogP contribution in [0, 0.1) is 0 Å². The van der Waals surface area contributed by atoms with Crippen molar-refractivity contribution in [2.75, 3.05) is 20.8 Å². The summed E-state index contributed by atoms with van der Waals surface area (Å²) in [6, 6.07) is 10.0. The molecule has 1 aromatic carbocycles. The van der Waals surface area contributed by atoms with E-state index in [1.54, 1.807) is 14.2 Å². The molecule has 0 radical (unpaired) electrons. The first-order valence-electron chi connectivity index (χ1n) is 6.32. The lowest BCUT2D eigenvalue weighted by molar-refractivity contribution is 0.354. The highest BCUT2D eigenvalue weighted by Crippen LogP contribution is 2.29. The van der Waals surface area contributed by atoms with Gasteiger partial charge >= 0.3 is 0 Å². The molecule has 1 heterocycles. The van der Waals surface area contributed by atoms with Gasteiger partial charge in [0.25, 0.3) is 0 Å². The normalized spacial score (nSPS) is 12.2. The molecule has 0 amide bonds. The summed E-state index contributed by atoms with van der Waals surface area (Å²) >= 11 is 0. The minimum Gasteiger partial charge on any atom is -0.493 e. The molecule has 2 rings (SSSR count). The first-order valence-corrected chi connectivity index (χ1v) is 6.32. The minimum atomic E-state index is 0.285. The van der Waals surface area contributed by atoms with Crippen LogP contribution in [0.2, 0.25) is 0 Å². The molecule has 0 saturated carbocycles. The van der Waals surface area contributed by atoms with E-state index in [-0.39, 0.29) is 5.92 Å². The van der Waals surface area contributed by atoms with E-state index in [4.69, 9.17) is 15.2 Å². The van der Waals surface area contributed by atoms with Crippen molar-refractivity contribution in [2.45, 2.75) is 12.3 Å². The summed E-state index contributed by atoms with van der Waals surface area (Å²) in [5.41, 5.74) is 8.21. The van der Waals surface area contributed by atoms with Crippen LogP contribution in [0.3, 0.4) is 0 Å². The van der Waals surface area contributed by atoms with Crippen molar-refractivity contribution in [2.24, 2.45) is 5.73 Å². The Morgan fingerprint density at radius 3 is 2.53 bits per heavy atom. The smallest absolute Gasteiger partial charge is 0.160 e. The standard InChI is InChI=1S/C15H20N2O2/c1-18-14-6-5-11(9-15(14)19-2)8-12(10-16)13-4-3-7-17-13/h3-7,9,12,17H,8,10,16H2,1-2H3. The number of rotatable bonds is 6. The number of aromatic amines is 1. The second-order valence-corrected chi connectivity index (χ2v) is 4.45. The molecular weight excluding hydrogens is 240 g/mol. The Hall–Kier alpha value is -1.94. The Morgan fingerprint density at radius 2 is 1.95 bits per heavy atom. The van der Waals surface area contributed by atoms with Crippen LogP contribution in [-0.4, -0.2) is 25.7 Å². The highest BCUT2D eigenvalue weighted by atomic mass is 16.5. The van der Waals surface area contributed by atoms with Crippen LogP contribution in [-0.2, 0) is 6.42 Å². The van der Waals surface area contributed by atoms with Crippen LogP contribution >= 0.6 is 0 Å². The number of nitrogens with two attached hydrogens (primary N) is 1. The molecule has 0 aliphatic rings. The molecule has 0 aliphatic heterocycles. The third kappa shape index (κ3) is 3.09. The van der Waals surface area contributed by atoms with Gasteiger partial charge in [-0.1, -0.05) is 6.07 Å². The summed E-state index contributed by atoms with van der Waals surface area (Å²) in [7, 11) is 3.28. The third-order valence-electron chi connectivity index (χ3n) is 3.28. The molecular formula is C15H20N2O2. The van der Waals surface area contributed by atoms with Gasteiger partial charge in [0.05, 0.1) is 14.2 Å². The molecule has 0 spiro atoms. The van der Waals surface area contributed by atoms with E-state index in [1.165, 1.54) is 5.56 Å². The zero-order chi connectivity index (χ0) is 13.7. The van der Waals surface area contributed by atoms with Crippen LogP contribution < -0.4 is 15.2 Å². The maximum Gasteiger partial charge on any atom is 0.160 e. The van der Waals surface area contributed by atoms with Gasteiger partial charge in [0.1, 0.15) is 0 Å². The number of aromatic nitrogens is 1. The number of methoxy groups -OCH3 is 2. The predicted molar refractivity (Wildman–Crippen MR) is 75.8 cm³/mol. The van der Waals surface area contributed by atoms with Crippen LogP contribution in [0.5, 0.6) is 11.5 Å². The number of benzene rings is 1. The fourth-order valence-electron chi connectivity index (χ4n) is 2.21. The van der Waals surface area contributed by atoms with Crippen molar-refractivity contribution in [1.29, 1.82) is 0 Å². The number of hydrogen-bond acceptors (Lipinski definition) is 3. The van der Waals surface area contributed by atoms with Crippen LogP contribution in [0.1, 0.15) is 17.2 Å². The van der Waals surface area contributed by atoms with E-state index in [1.807, 2.05) is 30.5 Å². The maximum atomic E-state index is 5.86. The van der Waals surface area contributed by atoms with E-state index in [2.05, 4.69) is 11.1 Å². The van der Waals surface area contributed by atoms with Crippen molar-refractivity contribution in [3.63, 3.8) is 0 Å². The summed E-state index contributed by atoms with van der Waals surface area (Å²) < 4.78 is 10.6. The van der Waals surface area contributed by atoms with Crippen LogP contribution in [0.15, 0.2) is 36.5 Å². The lowest BCUT2D eigenvalue weighted by Crippen LogP contribution is -2.15. The molecule has 4 heteroatoms. The number of H-pyrrole nitrogens is 1. The van der Waals surface area contributed by atoms with Crippen molar-refractivity contribution in [3.05, 3.63) is 47.8 Å². The Bertz CT molecular complexity index is 509. The van der Waals surface area contributed by atoms with Gasteiger partial charge in [-0.25, -0.2) is 0 Å². The van der Waals surface area contributed by atoms with E-state index in [0.717, 1.165) is 23.6 Å². The van der Waals surface area contributed by atoms with Gasteiger partial charge in [0.2, 0.25) is 0 Å². The first kappa shape index (κ1) is 13.5. The number of hydrogen-bond donors (Lipinski definition) is 2. The summed E-state index contributed by atoms with van der Waals surface area (Å²) in [5.74, 6) is 1.78. The molecule has 0 aliphatic carbocycles. The Morgan fingerprint density at radius 1 is 1.16 bits per heavy atom. The van der Waals surface area contributed by atoms with E-state index < -0.39 is 0 Å². The molecule has 3 N–H and O–H groups in total. The lowest BCUT2D eigenvalue weighted by atomic mass is 9.96. The molecule has 1 unspecified atom stereocenters. The fourth-order valence-corrected chi connectivity index (χ4v) is 2.21. The van der Waals surface area contributed by atoms with Crippen molar-refractivity contribution >= 4 is 0 Å². The summed E-state index contributed by atoms with van der Waals surface area (Å²) in [6.07, 6.45) is 2.80. The van der Waals surface area contributed by atoms with Crippen molar-refractivity contribution in [3.8, 4) is 11.5 Å².